The van der Waals surface area contributed by atoms with Crippen LogP contribution in [-0.4, -0.2) is 39.3 Å². The van der Waals surface area contributed by atoms with E-state index in [1.54, 1.807) is 7.11 Å². The third kappa shape index (κ3) is 3.54. The van der Waals surface area contributed by atoms with Crippen LogP contribution in [0, 0.1) is 0 Å². The average Bonchev–Trinajstić information content (AvgIpc) is 3.27. The number of ketones is 2. The lowest BCUT2D eigenvalue weighted by atomic mass is 10.00. The van der Waals surface area contributed by atoms with Crippen LogP contribution in [0.4, 0.5) is 0 Å². The van der Waals surface area contributed by atoms with Crippen LogP contribution in [0.5, 0.6) is 5.75 Å². The molecule has 3 aromatic rings. The van der Waals surface area contributed by atoms with Gasteiger partial charge in [-0.1, -0.05) is 12.1 Å². The van der Waals surface area contributed by atoms with Gasteiger partial charge < -0.3 is 4.74 Å². The molecule has 0 amide bonds. The molecule has 7 nitrogen and oxygen atoms in total. The lowest BCUT2D eigenvalue weighted by molar-refractivity contribution is -0.114. The molecule has 0 saturated carbocycles. The van der Waals surface area contributed by atoms with Gasteiger partial charge in [-0.2, -0.15) is 16.6 Å². The highest BCUT2D eigenvalue weighted by atomic mass is 32.1. The smallest absolute Gasteiger partial charge is 0.269 e. The molecule has 2 heterocycles. The topological polar surface area (TPSA) is 97.8 Å². The van der Waals surface area contributed by atoms with Gasteiger partial charge in [-0.15, -0.1) is 10.2 Å². The lowest BCUT2D eigenvalue weighted by Crippen LogP contribution is -2.18. The van der Waals surface area contributed by atoms with E-state index in [1.165, 1.54) is 11.3 Å². The van der Waals surface area contributed by atoms with E-state index in [0.29, 0.717) is 6.42 Å². The summed E-state index contributed by atoms with van der Waals surface area (Å²) >= 11 is 1.51. The molecule has 1 aromatic carbocycles. The molecule has 0 unspecified atom stereocenters. The number of tetrazole rings is 1. The third-order valence-corrected chi connectivity index (χ3v) is 4.38. The van der Waals surface area contributed by atoms with Crippen molar-refractivity contribution in [1.29, 1.82) is 0 Å². The van der Waals surface area contributed by atoms with Crippen molar-refractivity contribution in [2.24, 2.45) is 0 Å². The Morgan fingerprint density at radius 3 is 2.58 bits per heavy atom. The number of benzene rings is 1. The molecule has 122 valence electrons. The van der Waals surface area contributed by atoms with Crippen molar-refractivity contribution in [1.82, 2.24) is 20.6 Å². The molecule has 0 spiro atoms. The van der Waals surface area contributed by atoms with E-state index in [1.807, 2.05) is 35.0 Å². The zero-order chi connectivity index (χ0) is 16.9. The molecule has 2 aromatic heterocycles. The van der Waals surface area contributed by atoms with Crippen LogP contribution >= 0.6 is 11.3 Å². The number of thiophene rings is 1. The zero-order valence-electron chi connectivity index (χ0n) is 12.9. The normalized spacial score (nSPS) is 10.5. The standard InChI is InChI=1S/C16H14N4O3S/c1-23-13-4-2-10(3-5-13)6-11-8-24-9-12(11)7-14(21)15(22)16-17-19-20-18-16/h2-5,8-9H,6-7H2,1H3,(H,17,18,19,20). The van der Waals surface area contributed by atoms with Gasteiger partial charge in [0.05, 0.1) is 7.11 Å². The third-order valence-electron chi connectivity index (χ3n) is 3.54. The van der Waals surface area contributed by atoms with E-state index in [2.05, 4.69) is 20.6 Å². The quantitative estimate of drug-likeness (QED) is 0.520. The molecule has 3 rings (SSSR count). The molecule has 0 fully saturated rings. The van der Waals surface area contributed by atoms with Crippen molar-refractivity contribution >= 4 is 22.9 Å². The Morgan fingerprint density at radius 1 is 1.17 bits per heavy atom. The van der Waals surface area contributed by atoms with Gasteiger partial charge in [0.15, 0.2) is 0 Å². The Bertz CT molecular complexity index is 841. The summed E-state index contributed by atoms with van der Waals surface area (Å²) in [5.41, 5.74) is 2.98. The first-order valence-corrected chi connectivity index (χ1v) is 8.09. The van der Waals surface area contributed by atoms with Gasteiger partial charge in [0, 0.05) is 6.42 Å². The molecule has 0 aliphatic rings. The second-order valence-corrected chi connectivity index (χ2v) is 5.86. The zero-order valence-corrected chi connectivity index (χ0v) is 13.7. The van der Waals surface area contributed by atoms with E-state index in [0.717, 1.165) is 22.4 Å². The fourth-order valence-corrected chi connectivity index (χ4v) is 3.13. The minimum atomic E-state index is -0.731. The summed E-state index contributed by atoms with van der Waals surface area (Å²) in [6.07, 6.45) is 0.717. The van der Waals surface area contributed by atoms with Gasteiger partial charge in [0.1, 0.15) is 5.75 Å². The summed E-state index contributed by atoms with van der Waals surface area (Å²) in [7, 11) is 1.62. The van der Waals surface area contributed by atoms with Gasteiger partial charge in [-0.25, -0.2) is 0 Å². The maximum absolute atomic E-state index is 12.1. The summed E-state index contributed by atoms with van der Waals surface area (Å²) in [5.74, 6) is -0.687. The highest BCUT2D eigenvalue weighted by Crippen LogP contribution is 2.21. The fraction of sp³-hybridized carbons (Fsp3) is 0.188. The Labute approximate surface area is 141 Å². The number of carbonyl (C=O) groups is 2. The van der Waals surface area contributed by atoms with Crippen molar-refractivity contribution in [2.75, 3.05) is 7.11 Å². The number of Topliss-reactive ketones (excluding diaryl/α,β-unsaturated/α-hetero) is 2. The summed E-state index contributed by atoms with van der Waals surface area (Å²) in [6, 6.07) is 7.75. The number of H-pyrrole nitrogens is 1. The fourth-order valence-electron chi connectivity index (χ4n) is 2.26. The first-order valence-electron chi connectivity index (χ1n) is 7.15. The molecule has 0 atom stereocenters. The summed E-state index contributed by atoms with van der Waals surface area (Å²) < 4.78 is 5.14. The molecule has 24 heavy (non-hydrogen) atoms. The van der Waals surface area contributed by atoms with Crippen LogP contribution in [0.2, 0.25) is 0 Å². The predicted molar refractivity (Wildman–Crippen MR) is 87.3 cm³/mol. The van der Waals surface area contributed by atoms with Crippen LogP contribution in [0.25, 0.3) is 0 Å². The number of aromatic nitrogens is 4. The van der Waals surface area contributed by atoms with E-state index in [9.17, 15) is 9.59 Å². The maximum atomic E-state index is 12.1. The first-order chi connectivity index (χ1) is 11.7. The van der Waals surface area contributed by atoms with E-state index in [-0.39, 0.29) is 12.2 Å². The number of methoxy groups -OCH3 is 1. The molecular weight excluding hydrogens is 328 g/mol. The van der Waals surface area contributed by atoms with Gasteiger partial charge in [0.2, 0.25) is 11.6 Å². The first kappa shape index (κ1) is 16.0. The number of rotatable bonds is 7. The minimum absolute atomic E-state index is 0.0301. The number of aromatic amines is 1. The molecule has 0 aliphatic heterocycles. The largest absolute Gasteiger partial charge is 0.497 e. The number of hydrogen-bond acceptors (Lipinski definition) is 7. The van der Waals surface area contributed by atoms with Gasteiger partial charge in [-0.3, -0.25) is 9.59 Å². The van der Waals surface area contributed by atoms with Crippen LogP contribution < -0.4 is 4.74 Å². The van der Waals surface area contributed by atoms with Crippen LogP contribution in [0.15, 0.2) is 35.0 Å². The summed E-state index contributed by atoms with van der Waals surface area (Å²) in [4.78, 5) is 24.0. The molecule has 1 N–H and O–H groups in total. The highest BCUT2D eigenvalue weighted by molar-refractivity contribution is 7.08. The Balaban J connectivity index is 1.70. The number of carbonyl (C=O) groups excluding carboxylic acids is 2. The monoisotopic (exact) mass is 342 g/mol. The van der Waals surface area contributed by atoms with E-state index < -0.39 is 11.6 Å². The van der Waals surface area contributed by atoms with Crippen molar-refractivity contribution in [3.63, 3.8) is 0 Å². The molecule has 0 aliphatic carbocycles. The van der Waals surface area contributed by atoms with Crippen LogP contribution in [-0.2, 0) is 17.6 Å². The summed E-state index contributed by atoms with van der Waals surface area (Å²) in [6.45, 7) is 0. The average molecular weight is 342 g/mol. The molecule has 0 bridgehead atoms. The number of nitrogens with zero attached hydrogens (tertiary/aromatic N) is 3. The summed E-state index contributed by atoms with van der Waals surface area (Å²) in [5, 5.41) is 16.4. The maximum Gasteiger partial charge on any atom is 0.269 e. The van der Waals surface area contributed by atoms with Crippen molar-refractivity contribution in [2.45, 2.75) is 12.8 Å². The van der Waals surface area contributed by atoms with Crippen LogP contribution in [0.3, 0.4) is 0 Å². The van der Waals surface area contributed by atoms with Gasteiger partial charge >= 0.3 is 0 Å². The molecule has 0 radical (unpaired) electrons. The Kier molecular flexibility index (Phi) is 4.76. The minimum Gasteiger partial charge on any atom is -0.497 e. The van der Waals surface area contributed by atoms with Crippen molar-refractivity contribution in [3.05, 3.63) is 57.5 Å². The van der Waals surface area contributed by atoms with E-state index in [4.69, 9.17) is 4.74 Å². The number of hydrogen-bond donors (Lipinski definition) is 1. The molecule has 8 heteroatoms. The Morgan fingerprint density at radius 2 is 1.92 bits per heavy atom. The SMILES string of the molecule is COc1ccc(Cc2cscc2CC(=O)C(=O)c2nn[nH]n2)cc1. The highest BCUT2D eigenvalue weighted by Gasteiger charge is 2.22. The van der Waals surface area contributed by atoms with Crippen molar-refractivity contribution in [3.8, 4) is 5.75 Å². The van der Waals surface area contributed by atoms with Gasteiger partial charge in [-0.05, 0) is 51.2 Å². The second-order valence-electron chi connectivity index (χ2n) is 5.11. The van der Waals surface area contributed by atoms with Crippen LogP contribution in [0.1, 0.15) is 27.3 Å². The Hall–Kier alpha value is -2.87. The van der Waals surface area contributed by atoms with Gasteiger partial charge in [0.25, 0.3) is 5.78 Å². The van der Waals surface area contributed by atoms with Crippen molar-refractivity contribution < 1.29 is 14.3 Å². The number of nitrogens with one attached hydrogen (secondary N) is 1. The lowest BCUT2D eigenvalue weighted by Gasteiger charge is -2.05. The second kappa shape index (κ2) is 7.14. The van der Waals surface area contributed by atoms with E-state index >= 15 is 0 Å². The molecule has 0 saturated heterocycles. The molecular formula is C16H14N4O3S. The number of ether oxygens (including phenoxy) is 1. The predicted octanol–water partition coefficient (Wildman–Crippen LogP) is 1.86.